The molecule has 140 valence electrons. The molecule has 26 heavy (non-hydrogen) atoms. The molecule has 0 aliphatic carbocycles. The molecule has 0 atom stereocenters. The quantitative estimate of drug-likeness (QED) is 0.440. The maximum absolute atomic E-state index is 12.4. The van der Waals surface area contributed by atoms with Gasteiger partial charge in [0.2, 0.25) is 5.88 Å². The van der Waals surface area contributed by atoms with Gasteiger partial charge in [0.25, 0.3) is 15.6 Å². The van der Waals surface area contributed by atoms with E-state index in [1.165, 1.54) is 21.3 Å². The summed E-state index contributed by atoms with van der Waals surface area (Å²) in [5.74, 6) is -0.356. The Kier molecular flexibility index (Phi) is 5.98. The highest BCUT2D eigenvalue weighted by molar-refractivity contribution is 7.89. The van der Waals surface area contributed by atoms with Gasteiger partial charge in [0.1, 0.15) is 5.56 Å². The van der Waals surface area contributed by atoms with Gasteiger partial charge in [-0.25, -0.2) is 4.83 Å². The van der Waals surface area contributed by atoms with Crippen molar-refractivity contribution < 1.29 is 13.5 Å². The fourth-order valence-corrected chi connectivity index (χ4v) is 3.54. The van der Waals surface area contributed by atoms with E-state index in [9.17, 15) is 18.3 Å². The Bertz CT molecular complexity index is 1050. The summed E-state index contributed by atoms with van der Waals surface area (Å²) in [7, 11) is -3.88. The monoisotopic (exact) mass is 396 g/mol. The van der Waals surface area contributed by atoms with E-state index in [0.717, 1.165) is 11.8 Å². The van der Waals surface area contributed by atoms with Crippen LogP contribution in [-0.2, 0) is 23.1 Å². The van der Waals surface area contributed by atoms with Crippen LogP contribution in [0, 0.1) is 11.7 Å². The number of nitrogens with zero attached hydrogens (tertiary/aromatic N) is 3. The third-order valence-electron chi connectivity index (χ3n) is 3.76. The molecule has 0 aliphatic heterocycles. The fraction of sp³-hybridized carbons (Fsp3) is 0.312. The average molecular weight is 396 g/mol. The lowest BCUT2D eigenvalue weighted by Crippen LogP contribution is -2.28. The first-order chi connectivity index (χ1) is 12.2. The van der Waals surface area contributed by atoms with Gasteiger partial charge in [-0.3, -0.25) is 13.9 Å². The smallest absolute Gasteiger partial charge is 0.276 e. The standard InChI is InChI=1S/C16H20N4O4S2/c1-4-19-14(21)13(15(22)20(5-2)16(19)25)10-17-18-26(23,24)12-8-6-11(3)7-9-12/h6-10,18,21H,4-5H2,1-3H3. The molecule has 0 saturated heterocycles. The van der Waals surface area contributed by atoms with Gasteiger partial charge in [-0.05, 0) is 45.1 Å². The number of hydrazone groups is 1. The Morgan fingerprint density at radius 1 is 1.19 bits per heavy atom. The number of sulfonamides is 1. The first-order valence-corrected chi connectivity index (χ1v) is 9.80. The van der Waals surface area contributed by atoms with Crippen molar-refractivity contribution in [2.24, 2.45) is 5.10 Å². The summed E-state index contributed by atoms with van der Waals surface area (Å²) in [6.45, 7) is 6.01. The van der Waals surface area contributed by atoms with Crippen LogP contribution in [-0.4, -0.2) is 28.9 Å². The number of hydrogen-bond donors (Lipinski definition) is 2. The number of aryl methyl sites for hydroxylation is 1. The number of aromatic hydroxyl groups is 1. The van der Waals surface area contributed by atoms with Crippen LogP contribution in [0.4, 0.5) is 0 Å². The second kappa shape index (κ2) is 7.83. The molecule has 2 rings (SSSR count). The van der Waals surface area contributed by atoms with E-state index in [2.05, 4.69) is 5.10 Å². The van der Waals surface area contributed by atoms with Gasteiger partial charge in [0.15, 0.2) is 4.77 Å². The minimum Gasteiger partial charge on any atom is -0.494 e. The van der Waals surface area contributed by atoms with Gasteiger partial charge in [0, 0.05) is 13.1 Å². The van der Waals surface area contributed by atoms with Crippen molar-refractivity contribution in [1.82, 2.24) is 14.0 Å². The normalized spacial score (nSPS) is 11.8. The molecular formula is C16H20N4O4S2. The zero-order chi connectivity index (χ0) is 19.5. The Morgan fingerprint density at radius 3 is 2.31 bits per heavy atom. The molecule has 2 aromatic rings. The van der Waals surface area contributed by atoms with Crippen LogP contribution in [0.15, 0.2) is 39.1 Å². The zero-order valence-corrected chi connectivity index (χ0v) is 16.3. The van der Waals surface area contributed by atoms with Gasteiger partial charge < -0.3 is 5.11 Å². The van der Waals surface area contributed by atoms with Crippen LogP contribution >= 0.6 is 12.2 Å². The summed E-state index contributed by atoms with van der Waals surface area (Å²) in [6, 6.07) is 6.23. The van der Waals surface area contributed by atoms with E-state index in [1.807, 2.05) is 11.8 Å². The first-order valence-electron chi connectivity index (χ1n) is 7.91. The van der Waals surface area contributed by atoms with Gasteiger partial charge in [-0.2, -0.15) is 13.5 Å². The fourth-order valence-electron chi connectivity index (χ4n) is 2.32. The molecule has 0 saturated carbocycles. The van der Waals surface area contributed by atoms with Crippen LogP contribution in [0.5, 0.6) is 5.88 Å². The van der Waals surface area contributed by atoms with Crippen molar-refractivity contribution in [1.29, 1.82) is 0 Å². The van der Waals surface area contributed by atoms with E-state index in [1.54, 1.807) is 26.0 Å². The Labute approximate surface area is 156 Å². The zero-order valence-electron chi connectivity index (χ0n) is 14.6. The molecular weight excluding hydrogens is 376 g/mol. The third-order valence-corrected chi connectivity index (χ3v) is 5.44. The van der Waals surface area contributed by atoms with Crippen LogP contribution in [0.25, 0.3) is 0 Å². The van der Waals surface area contributed by atoms with Crippen LogP contribution < -0.4 is 10.4 Å². The number of benzene rings is 1. The molecule has 0 unspecified atom stereocenters. The molecule has 0 fully saturated rings. The number of hydrogen-bond acceptors (Lipinski definition) is 6. The van der Waals surface area contributed by atoms with Crippen molar-refractivity contribution in [3.63, 3.8) is 0 Å². The van der Waals surface area contributed by atoms with Crippen molar-refractivity contribution in [2.75, 3.05) is 0 Å². The number of rotatable bonds is 6. The van der Waals surface area contributed by atoms with E-state index < -0.39 is 15.6 Å². The third kappa shape index (κ3) is 3.86. The lowest BCUT2D eigenvalue weighted by atomic mass is 10.2. The topological polar surface area (TPSA) is 106 Å². The first kappa shape index (κ1) is 19.9. The van der Waals surface area contributed by atoms with Gasteiger partial charge in [0.05, 0.1) is 11.1 Å². The molecule has 1 aromatic carbocycles. The molecule has 10 heteroatoms. The number of nitrogens with one attached hydrogen (secondary N) is 1. The lowest BCUT2D eigenvalue weighted by molar-refractivity contribution is 0.399. The summed E-state index contributed by atoms with van der Waals surface area (Å²) in [5.41, 5.74) is 0.234. The van der Waals surface area contributed by atoms with E-state index in [0.29, 0.717) is 13.1 Å². The molecule has 1 heterocycles. The second-order valence-electron chi connectivity index (χ2n) is 5.48. The summed E-state index contributed by atoms with van der Waals surface area (Å²) in [4.78, 5) is 14.5. The summed E-state index contributed by atoms with van der Waals surface area (Å²) < 4.78 is 27.3. The largest absolute Gasteiger partial charge is 0.494 e. The maximum Gasteiger partial charge on any atom is 0.276 e. The minimum atomic E-state index is -3.88. The summed E-state index contributed by atoms with van der Waals surface area (Å²) in [5, 5.41) is 13.9. The van der Waals surface area contributed by atoms with Crippen molar-refractivity contribution in [3.8, 4) is 5.88 Å². The van der Waals surface area contributed by atoms with E-state index >= 15 is 0 Å². The molecule has 1 aromatic heterocycles. The highest BCUT2D eigenvalue weighted by atomic mass is 32.2. The second-order valence-corrected chi connectivity index (χ2v) is 7.51. The minimum absolute atomic E-state index is 0.0416. The SMILES string of the molecule is CCn1c(O)c(C=NNS(=O)(=O)c2ccc(C)cc2)c(=O)n(CC)c1=S. The Morgan fingerprint density at radius 2 is 1.77 bits per heavy atom. The van der Waals surface area contributed by atoms with Crippen LogP contribution in [0.2, 0.25) is 0 Å². The molecule has 0 spiro atoms. The predicted octanol–water partition coefficient (Wildman–Crippen LogP) is 1.75. The summed E-state index contributed by atoms with van der Waals surface area (Å²) >= 11 is 5.18. The van der Waals surface area contributed by atoms with E-state index in [4.69, 9.17) is 12.2 Å². The highest BCUT2D eigenvalue weighted by Crippen LogP contribution is 2.13. The van der Waals surface area contributed by atoms with Gasteiger partial charge in [-0.1, -0.05) is 17.7 Å². The Hall–Kier alpha value is -2.46. The predicted molar refractivity (Wildman–Crippen MR) is 102 cm³/mol. The molecule has 0 radical (unpaired) electrons. The molecule has 0 bridgehead atoms. The highest BCUT2D eigenvalue weighted by Gasteiger charge is 2.15. The average Bonchev–Trinajstić information content (AvgIpc) is 2.59. The molecule has 8 nitrogen and oxygen atoms in total. The summed E-state index contributed by atoms with van der Waals surface area (Å²) in [6.07, 6.45) is 0.983. The maximum atomic E-state index is 12.4. The van der Waals surface area contributed by atoms with E-state index in [-0.39, 0.29) is 21.1 Å². The molecule has 0 amide bonds. The lowest BCUT2D eigenvalue weighted by Gasteiger charge is -2.13. The Balaban J connectivity index is 2.41. The van der Waals surface area contributed by atoms with Crippen molar-refractivity contribution in [3.05, 3.63) is 50.5 Å². The van der Waals surface area contributed by atoms with Crippen molar-refractivity contribution >= 4 is 28.5 Å². The van der Waals surface area contributed by atoms with Gasteiger partial charge >= 0.3 is 0 Å². The molecule has 2 N–H and O–H groups in total. The number of aromatic nitrogens is 2. The molecule has 0 aliphatic rings. The van der Waals surface area contributed by atoms with Crippen LogP contribution in [0.1, 0.15) is 25.0 Å². The van der Waals surface area contributed by atoms with Crippen molar-refractivity contribution in [2.45, 2.75) is 38.8 Å². The van der Waals surface area contributed by atoms with Gasteiger partial charge in [-0.15, -0.1) is 0 Å². The van der Waals surface area contributed by atoms with Crippen LogP contribution in [0.3, 0.4) is 0 Å².